The van der Waals surface area contributed by atoms with Crippen molar-refractivity contribution in [3.63, 3.8) is 0 Å². The molecule has 1 N–H and O–H groups in total. The van der Waals surface area contributed by atoms with Crippen LogP contribution in [0.1, 0.15) is 52.4 Å². The highest BCUT2D eigenvalue weighted by molar-refractivity contribution is 7.99. The summed E-state index contributed by atoms with van der Waals surface area (Å²) in [7, 11) is 0. The van der Waals surface area contributed by atoms with Crippen molar-refractivity contribution in [2.75, 3.05) is 31.9 Å². The van der Waals surface area contributed by atoms with Crippen molar-refractivity contribution in [2.24, 2.45) is 5.92 Å². The first kappa shape index (κ1) is 15.7. The molecule has 0 aliphatic carbocycles. The van der Waals surface area contributed by atoms with Crippen LogP contribution in [0.25, 0.3) is 0 Å². The molecule has 0 saturated carbocycles. The van der Waals surface area contributed by atoms with Gasteiger partial charge in [-0.25, -0.2) is 0 Å². The highest BCUT2D eigenvalue weighted by Gasteiger charge is 2.24. The zero-order valence-electron chi connectivity index (χ0n) is 12.9. The minimum atomic E-state index is 0.714. The average Bonchev–Trinajstić information content (AvgIpc) is 2.47. The van der Waals surface area contributed by atoms with Crippen molar-refractivity contribution in [3.8, 4) is 0 Å². The monoisotopic (exact) mass is 284 g/mol. The molecule has 0 radical (unpaired) electrons. The summed E-state index contributed by atoms with van der Waals surface area (Å²) in [5.74, 6) is 2.29. The number of piperidine rings is 1. The van der Waals surface area contributed by atoms with Crippen LogP contribution in [0, 0.1) is 5.92 Å². The lowest BCUT2D eigenvalue weighted by Crippen LogP contribution is -2.43. The van der Waals surface area contributed by atoms with Gasteiger partial charge in [0.2, 0.25) is 0 Å². The van der Waals surface area contributed by atoms with E-state index in [2.05, 4.69) is 35.8 Å². The molecule has 0 amide bonds. The van der Waals surface area contributed by atoms with Crippen LogP contribution >= 0.6 is 11.8 Å². The van der Waals surface area contributed by atoms with Crippen LogP contribution in [0.3, 0.4) is 0 Å². The molecule has 0 aromatic carbocycles. The fraction of sp³-hybridized carbons (Fsp3) is 1.00. The van der Waals surface area contributed by atoms with Crippen LogP contribution in [-0.2, 0) is 0 Å². The van der Waals surface area contributed by atoms with Crippen molar-refractivity contribution in [2.45, 2.75) is 63.7 Å². The Morgan fingerprint density at radius 3 is 2.63 bits per heavy atom. The van der Waals surface area contributed by atoms with E-state index < -0.39 is 0 Å². The van der Waals surface area contributed by atoms with Crippen molar-refractivity contribution < 1.29 is 0 Å². The van der Waals surface area contributed by atoms with Crippen molar-refractivity contribution in [1.29, 1.82) is 0 Å². The van der Waals surface area contributed by atoms with E-state index in [1.165, 1.54) is 70.5 Å². The topological polar surface area (TPSA) is 15.3 Å². The summed E-state index contributed by atoms with van der Waals surface area (Å²) >= 11 is 2.19. The van der Waals surface area contributed by atoms with Crippen LogP contribution in [0.5, 0.6) is 0 Å². The number of hydrogen-bond acceptors (Lipinski definition) is 3. The third kappa shape index (κ3) is 5.28. The normalized spacial score (nSPS) is 28.4. The van der Waals surface area contributed by atoms with E-state index in [4.69, 9.17) is 0 Å². The Morgan fingerprint density at radius 2 is 2.00 bits per heavy atom. The third-order valence-electron chi connectivity index (χ3n) is 4.82. The van der Waals surface area contributed by atoms with Gasteiger partial charge >= 0.3 is 0 Å². The SMILES string of the molecule is CCCN1CCC(C(C)NCC2CCCCS2)CC1. The van der Waals surface area contributed by atoms with Gasteiger partial charge in [0.1, 0.15) is 0 Å². The van der Waals surface area contributed by atoms with E-state index in [1.54, 1.807) is 0 Å². The van der Waals surface area contributed by atoms with Crippen LogP contribution < -0.4 is 5.32 Å². The summed E-state index contributed by atoms with van der Waals surface area (Å²) in [4.78, 5) is 2.64. The molecule has 0 aromatic heterocycles. The summed E-state index contributed by atoms with van der Waals surface area (Å²) in [6.07, 6.45) is 8.41. The molecule has 2 aliphatic heterocycles. The van der Waals surface area contributed by atoms with Gasteiger partial charge in [0.05, 0.1) is 0 Å². The molecule has 3 heteroatoms. The van der Waals surface area contributed by atoms with E-state index in [1.807, 2.05) is 0 Å². The molecule has 2 rings (SSSR count). The Kier molecular flexibility index (Phi) is 7.03. The second-order valence-electron chi connectivity index (χ2n) is 6.36. The molecule has 2 heterocycles. The van der Waals surface area contributed by atoms with Gasteiger partial charge in [0.25, 0.3) is 0 Å². The predicted octanol–water partition coefficient (Wildman–Crippen LogP) is 3.37. The Bertz CT molecular complexity index is 233. The summed E-state index contributed by atoms with van der Waals surface area (Å²) in [5, 5.41) is 4.72. The number of rotatable bonds is 6. The Balaban J connectivity index is 1.62. The number of nitrogens with zero attached hydrogens (tertiary/aromatic N) is 1. The summed E-state index contributed by atoms with van der Waals surface area (Å²) in [6.45, 7) is 9.88. The molecule has 0 aromatic rings. The second kappa shape index (κ2) is 8.53. The van der Waals surface area contributed by atoms with Crippen LogP contribution in [0.15, 0.2) is 0 Å². The summed E-state index contributed by atoms with van der Waals surface area (Å²) < 4.78 is 0. The van der Waals surface area contributed by atoms with Gasteiger partial charge in [-0.2, -0.15) is 11.8 Å². The molecule has 2 saturated heterocycles. The van der Waals surface area contributed by atoms with Gasteiger partial charge in [-0.15, -0.1) is 0 Å². The maximum atomic E-state index is 3.83. The van der Waals surface area contributed by atoms with E-state index in [9.17, 15) is 0 Å². The highest BCUT2D eigenvalue weighted by Crippen LogP contribution is 2.25. The third-order valence-corrected chi connectivity index (χ3v) is 6.22. The molecule has 2 nitrogen and oxygen atoms in total. The van der Waals surface area contributed by atoms with Gasteiger partial charge in [-0.1, -0.05) is 13.3 Å². The number of thioether (sulfide) groups is 1. The van der Waals surface area contributed by atoms with Gasteiger partial charge in [0.15, 0.2) is 0 Å². The Hall–Kier alpha value is 0.270. The zero-order valence-corrected chi connectivity index (χ0v) is 13.7. The van der Waals surface area contributed by atoms with E-state index >= 15 is 0 Å². The van der Waals surface area contributed by atoms with E-state index in [-0.39, 0.29) is 0 Å². The summed E-state index contributed by atoms with van der Waals surface area (Å²) in [6, 6.07) is 0.714. The molecule has 2 fully saturated rings. The average molecular weight is 285 g/mol. The predicted molar refractivity (Wildman–Crippen MR) is 87.0 cm³/mol. The van der Waals surface area contributed by atoms with Gasteiger partial charge in [-0.05, 0) is 70.3 Å². The molecule has 112 valence electrons. The number of hydrogen-bond donors (Lipinski definition) is 1. The fourth-order valence-electron chi connectivity index (χ4n) is 3.45. The zero-order chi connectivity index (χ0) is 13.5. The Labute approximate surface area is 124 Å². The molecular weight excluding hydrogens is 252 g/mol. The minimum Gasteiger partial charge on any atom is -0.313 e. The van der Waals surface area contributed by atoms with Crippen LogP contribution in [-0.4, -0.2) is 48.1 Å². The van der Waals surface area contributed by atoms with Crippen LogP contribution in [0.4, 0.5) is 0 Å². The molecule has 0 bridgehead atoms. The van der Waals surface area contributed by atoms with Gasteiger partial charge in [-0.3, -0.25) is 0 Å². The molecule has 0 spiro atoms. The van der Waals surface area contributed by atoms with Gasteiger partial charge in [0, 0.05) is 17.8 Å². The minimum absolute atomic E-state index is 0.714. The standard InChI is InChI=1S/C16H32N2S/c1-3-9-18-10-7-15(8-11-18)14(2)17-13-16-6-4-5-12-19-16/h14-17H,3-13H2,1-2H3. The lowest BCUT2D eigenvalue weighted by molar-refractivity contribution is 0.163. The smallest absolute Gasteiger partial charge is 0.0172 e. The highest BCUT2D eigenvalue weighted by atomic mass is 32.2. The molecule has 2 aliphatic rings. The van der Waals surface area contributed by atoms with Crippen LogP contribution in [0.2, 0.25) is 0 Å². The molecule has 2 atom stereocenters. The molecular formula is C16H32N2S. The summed E-state index contributed by atoms with van der Waals surface area (Å²) in [5.41, 5.74) is 0. The number of likely N-dealkylation sites (tertiary alicyclic amines) is 1. The van der Waals surface area contributed by atoms with Gasteiger partial charge < -0.3 is 10.2 Å². The maximum Gasteiger partial charge on any atom is 0.0172 e. The van der Waals surface area contributed by atoms with Crippen molar-refractivity contribution in [3.05, 3.63) is 0 Å². The first-order valence-electron chi connectivity index (χ1n) is 8.37. The van der Waals surface area contributed by atoms with Crippen molar-refractivity contribution in [1.82, 2.24) is 10.2 Å². The first-order chi connectivity index (χ1) is 9.29. The first-order valence-corrected chi connectivity index (χ1v) is 9.41. The van der Waals surface area contributed by atoms with E-state index in [0.29, 0.717) is 6.04 Å². The maximum absolute atomic E-state index is 3.83. The quantitative estimate of drug-likeness (QED) is 0.805. The molecule has 2 unspecified atom stereocenters. The lowest BCUT2D eigenvalue weighted by Gasteiger charge is -2.35. The lowest BCUT2D eigenvalue weighted by atomic mass is 9.90. The number of nitrogens with one attached hydrogen (secondary N) is 1. The largest absolute Gasteiger partial charge is 0.313 e. The van der Waals surface area contributed by atoms with Crippen molar-refractivity contribution >= 4 is 11.8 Å². The molecule has 19 heavy (non-hydrogen) atoms. The van der Waals surface area contributed by atoms with E-state index in [0.717, 1.165) is 11.2 Å². The Morgan fingerprint density at radius 1 is 1.21 bits per heavy atom. The fourth-order valence-corrected chi connectivity index (χ4v) is 4.70. The second-order valence-corrected chi connectivity index (χ2v) is 7.77.